The average Bonchev–Trinajstić information content (AvgIpc) is 2.76. The maximum absolute atomic E-state index is 12.0. The van der Waals surface area contributed by atoms with Gasteiger partial charge >= 0.3 is 0 Å². The number of hydrogen-bond acceptors (Lipinski definition) is 4. The topological polar surface area (TPSA) is 50.8 Å². The molecule has 150 valence electrons. The number of hydrogen-bond donors (Lipinski definition) is 1. The van der Waals surface area contributed by atoms with Crippen LogP contribution in [0.3, 0.4) is 0 Å². The van der Waals surface area contributed by atoms with E-state index in [0.717, 1.165) is 29.8 Å². The molecule has 2 aromatic rings. The zero-order valence-corrected chi connectivity index (χ0v) is 16.7. The van der Waals surface area contributed by atoms with Gasteiger partial charge in [-0.3, -0.25) is 4.79 Å². The first-order valence-electron chi connectivity index (χ1n) is 10.1. The molecule has 1 fully saturated rings. The van der Waals surface area contributed by atoms with Crippen molar-refractivity contribution in [3.8, 4) is 22.6 Å². The Bertz CT molecular complexity index is 723. The molecule has 0 aromatic heterocycles. The van der Waals surface area contributed by atoms with Crippen LogP contribution in [0.2, 0.25) is 0 Å². The average molecular weight is 383 g/mol. The normalized spacial score (nSPS) is 14.5. The van der Waals surface area contributed by atoms with Crippen molar-refractivity contribution in [3.63, 3.8) is 0 Å². The first kappa shape index (κ1) is 20.2. The molecule has 3 rings (SSSR count). The number of piperidine rings is 1. The highest BCUT2D eigenvalue weighted by Crippen LogP contribution is 2.24. The molecule has 0 spiro atoms. The molecule has 1 aliphatic heterocycles. The Morgan fingerprint density at radius 1 is 0.929 bits per heavy atom. The van der Waals surface area contributed by atoms with E-state index < -0.39 is 0 Å². The van der Waals surface area contributed by atoms with Gasteiger partial charge in [0.2, 0.25) is 0 Å². The third kappa shape index (κ3) is 6.27. The van der Waals surface area contributed by atoms with E-state index in [0.29, 0.717) is 12.3 Å². The lowest BCUT2D eigenvalue weighted by molar-refractivity contribution is -0.123. The summed E-state index contributed by atoms with van der Waals surface area (Å²) in [6, 6.07) is 15.7. The molecule has 0 aliphatic carbocycles. The van der Waals surface area contributed by atoms with Gasteiger partial charge in [-0.05, 0) is 74.3 Å². The Morgan fingerprint density at radius 2 is 1.54 bits per heavy atom. The smallest absolute Gasteiger partial charge is 0.257 e. The Balaban J connectivity index is 1.36. The van der Waals surface area contributed by atoms with Crippen LogP contribution in [0, 0.1) is 0 Å². The standard InChI is InChI=1S/C23H30N2O3/c1-27-21-10-6-19(7-11-21)20-8-12-22(13-9-20)28-18-23(26)24-14-5-17-25-15-3-2-4-16-25/h6-13H,2-5,14-18H2,1H3,(H,24,26). The molecular weight excluding hydrogens is 352 g/mol. The number of carbonyl (C=O) groups excluding carboxylic acids is 1. The van der Waals surface area contributed by atoms with Crippen LogP contribution < -0.4 is 14.8 Å². The van der Waals surface area contributed by atoms with Crippen molar-refractivity contribution in [2.75, 3.05) is 39.9 Å². The van der Waals surface area contributed by atoms with Crippen molar-refractivity contribution in [2.24, 2.45) is 0 Å². The predicted molar refractivity (Wildman–Crippen MR) is 112 cm³/mol. The van der Waals surface area contributed by atoms with Crippen LogP contribution in [-0.4, -0.2) is 50.7 Å². The van der Waals surface area contributed by atoms with Crippen molar-refractivity contribution in [1.82, 2.24) is 10.2 Å². The van der Waals surface area contributed by atoms with Crippen LogP contribution in [0.4, 0.5) is 0 Å². The number of carbonyl (C=O) groups is 1. The molecule has 1 amide bonds. The number of rotatable bonds is 9. The van der Waals surface area contributed by atoms with Crippen molar-refractivity contribution in [2.45, 2.75) is 25.7 Å². The zero-order valence-electron chi connectivity index (χ0n) is 16.7. The van der Waals surface area contributed by atoms with Gasteiger partial charge in [0.25, 0.3) is 5.91 Å². The number of methoxy groups -OCH3 is 1. The lowest BCUT2D eigenvalue weighted by atomic mass is 10.1. The number of amides is 1. The molecule has 28 heavy (non-hydrogen) atoms. The minimum atomic E-state index is -0.0714. The van der Waals surface area contributed by atoms with E-state index in [9.17, 15) is 4.79 Å². The number of ether oxygens (including phenoxy) is 2. The van der Waals surface area contributed by atoms with E-state index in [2.05, 4.69) is 10.2 Å². The second-order valence-electron chi connectivity index (χ2n) is 7.15. The van der Waals surface area contributed by atoms with Crippen molar-refractivity contribution < 1.29 is 14.3 Å². The Kier molecular flexibility index (Phi) is 7.73. The summed E-state index contributed by atoms with van der Waals surface area (Å²) in [5.74, 6) is 1.46. The van der Waals surface area contributed by atoms with Crippen LogP contribution >= 0.6 is 0 Å². The Labute approximate surface area is 167 Å². The van der Waals surface area contributed by atoms with Gasteiger partial charge in [0.15, 0.2) is 6.61 Å². The molecule has 0 unspecified atom stereocenters. The fraction of sp³-hybridized carbons (Fsp3) is 0.435. The van der Waals surface area contributed by atoms with Crippen LogP contribution in [0.25, 0.3) is 11.1 Å². The van der Waals surface area contributed by atoms with Gasteiger partial charge in [0.05, 0.1) is 7.11 Å². The highest BCUT2D eigenvalue weighted by molar-refractivity contribution is 5.77. The predicted octanol–water partition coefficient (Wildman–Crippen LogP) is 3.73. The zero-order chi connectivity index (χ0) is 19.6. The van der Waals surface area contributed by atoms with Gasteiger partial charge in [-0.1, -0.05) is 30.7 Å². The summed E-state index contributed by atoms with van der Waals surface area (Å²) in [5.41, 5.74) is 2.20. The third-order valence-electron chi connectivity index (χ3n) is 5.07. The number of likely N-dealkylation sites (tertiary alicyclic amines) is 1. The molecule has 0 bridgehead atoms. The summed E-state index contributed by atoms with van der Waals surface area (Å²) in [6.45, 7) is 4.21. The highest BCUT2D eigenvalue weighted by atomic mass is 16.5. The van der Waals surface area contributed by atoms with Gasteiger partial charge in [0, 0.05) is 6.54 Å². The van der Waals surface area contributed by atoms with Crippen LogP contribution in [0.1, 0.15) is 25.7 Å². The molecule has 1 N–H and O–H groups in total. The van der Waals surface area contributed by atoms with Gasteiger partial charge in [0.1, 0.15) is 11.5 Å². The first-order valence-corrected chi connectivity index (χ1v) is 10.1. The number of benzene rings is 2. The molecule has 0 saturated carbocycles. The lowest BCUT2D eigenvalue weighted by Crippen LogP contribution is -2.34. The molecule has 1 saturated heterocycles. The number of nitrogens with one attached hydrogen (secondary N) is 1. The SMILES string of the molecule is COc1ccc(-c2ccc(OCC(=O)NCCCN3CCCCC3)cc2)cc1. The van der Waals surface area contributed by atoms with E-state index in [-0.39, 0.29) is 12.5 Å². The summed E-state index contributed by atoms with van der Waals surface area (Å²) >= 11 is 0. The maximum atomic E-state index is 12.0. The minimum Gasteiger partial charge on any atom is -0.497 e. The third-order valence-corrected chi connectivity index (χ3v) is 5.07. The van der Waals surface area contributed by atoms with E-state index in [1.165, 1.54) is 32.4 Å². The first-order chi connectivity index (χ1) is 13.7. The minimum absolute atomic E-state index is 0.0472. The summed E-state index contributed by atoms with van der Waals surface area (Å²) < 4.78 is 10.8. The van der Waals surface area contributed by atoms with Gasteiger partial charge in [-0.25, -0.2) is 0 Å². The number of nitrogens with zero attached hydrogens (tertiary/aromatic N) is 1. The van der Waals surface area contributed by atoms with Gasteiger partial charge in [-0.2, -0.15) is 0 Å². The molecular formula is C23H30N2O3. The van der Waals surface area contributed by atoms with Crippen molar-refractivity contribution >= 4 is 5.91 Å². The second-order valence-corrected chi connectivity index (χ2v) is 7.15. The largest absolute Gasteiger partial charge is 0.497 e. The van der Waals surface area contributed by atoms with E-state index >= 15 is 0 Å². The van der Waals surface area contributed by atoms with E-state index in [1.54, 1.807) is 7.11 Å². The van der Waals surface area contributed by atoms with Crippen molar-refractivity contribution in [3.05, 3.63) is 48.5 Å². The molecule has 0 radical (unpaired) electrons. The Hall–Kier alpha value is -2.53. The fourth-order valence-electron chi connectivity index (χ4n) is 3.44. The summed E-state index contributed by atoms with van der Waals surface area (Å²) in [4.78, 5) is 14.4. The lowest BCUT2D eigenvalue weighted by Gasteiger charge is -2.26. The van der Waals surface area contributed by atoms with E-state index in [4.69, 9.17) is 9.47 Å². The maximum Gasteiger partial charge on any atom is 0.257 e. The summed E-state index contributed by atoms with van der Waals surface area (Å²) in [7, 11) is 1.66. The van der Waals surface area contributed by atoms with Gasteiger partial charge in [-0.15, -0.1) is 0 Å². The Morgan fingerprint density at radius 3 is 2.14 bits per heavy atom. The molecule has 5 nitrogen and oxygen atoms in total. The molecule has 1 aliphatic rings. The van der Waals surface area contributed by atoms with Crippen molar-refractivity contribution in [1.29, 1.82) is 0 Å². The van der Waals surface area contributed by atoms with E-state index in [1.807, 2.05) is 48.5 Å². The summed E-state index contributed by atoms with van der Waals surface area (Å²) in [6.07, 6.45) is 4.95. The second kappa shape index (κ2) is 10.7. The van der Waals surface area contributed by atoms with Crippen LogP contribution in [0.5, 0.6) is 11.5 Å². The summed E-state index contributed by atoms with van der Waals surface area (Å²) in [5, 5.41) is 2.94. The van der Waals surface area contributed by atoms with Crippen LogP contribution in [-0.2, 0) is 4.79 Å². The monoisotopic (exact) mass is 382 g/mol. The molecule has 5 heteroatoms. The van der Waals surface area contributed by atoms with Gasteiger partial charge < -0.3 is 19.7 Å². The highest BCUT2D eigenvalue weighted by Gasteiger charge is 2.09. The quantitative estimate of drug-likeness (QED) is 0.672. The fourth-order valence-corrected chi connectivity index (χ4v) is 3.44. The molecule has 2 aromatic carbocycles. The van der Waals surface area contributed by atoms with Crippen LogP contribution in [0.15, 0.2) is 48.5 Å². The molecule has 1 heterocycles. The molecule has 0 atom stereocenters.